The molecule has 0 amide bonds. The van der Waals surface area contributed by atoms with Crippen molar-refractivity contribution >= 4 is 0 Å². The van der Waals surface area contributed by atoms with Crippen LogP contribution in [0, 0.1) is 0 Å². The average Bonchev–Trinajstić information content (AvgIpc) is 2.89. The Kier molecular flexibility index (Phi) is 3.32. The Morgan fingerprint density at radius 1 is 1.44 bits per heavy atom. The van der Waals surface area contributed by atoms with E-state index in [9.17, 15) is 0 Å². The molecule has 2 aromatic heterocycles. The summed E-state index contributed by atoms with van der Waals surface area (Å²) in [5.41, 5.74) is 1.18. The molecule has 2 aromatic rings. The molecule has 5 heteroatoms. The van der Waals surface area contributed by atoms with Crippen LogP contribution in [0.2, 0.25) is 0 Å². The summed E-state index contributed by atoms with van der Waals surface area (Å²) in [5.74, 6) is 1.57. The Morgan fingerprint density at radius 2 is 2.44 bits per heavy atom. The van der Waals surface area contributed by atoms with Gasteiger partial charge in [-0.1, -0.05) is 6.07 Å². The lowest BCUT2D eigenvalue weighted by molar-refractivity contribution is 0.435. The second-order valence-corrected chi connectivity index (χ2v) is 4.72. The zero-order valence-corrected chi connectivity index (χ0v) is 10.3. The SMILES string of the molecule is c1cncc(Cn2cnnc2C2CCCNC2)c1. The molecule has 1 fully saturated rings. The number of nitrogens with one attached hydrogen (secondary N) is 1. The van der Waals surface area contributed by atoms with Gasteiger partial charge in [0, 0.05) is 24.9 Å². The van der Waals surface area contributed by atoms with Gasteiger partial charge in [0.1, 0.15) is 12.2 Å². The van der Waals surface area contributed by atoms with Gasteiger partial charge in [-0.3, -0.25) is 4.98 Å². The molecule has 1 N–H and O–H groups in total. The molecule has 3 heterocycles. The molecular weight excluding hydrogens is 226 g/mol. The Labute approximate surface area is 106 Å². The Hall–Kier alpha value is -1.75. The molecule has 1 aliphatic heterocycles. The van der Waals surface area contributed by atoms with E-state index in [0.717, 1.165) is 25.5 Å². The summed E-state index contributed by atoms with van der Waals surface area (Å²) in [6.07, 6.45) is 7.91. The Bertz CT molecular complexity index is 487. The monoisotopic (exact) mass is 243 g/mol. The maximum atomic E-state index is 4.29. The van der Waals surface area contributed by atoms with E-state index in [2.05, 4.69) is 31.1 Å². The van der Waals surface area contributed by atoms with Gasteiger partial charge in [-0.2, -0.15) is 0 Å². The van der Waals surface area contributed by atoms with E-state index in [1.807, 2.05) is 18.6 Å². The largest absolute Gasteiger partial charge is 0.316 e. The van der Waals surface area contributed by atoms with Crippen LogP contribution >= 0.6 is 0 Å². The fourth-order valence-corrected chi connectivity index (χ4v) is 2.46. The molecule has 1 atom stereocenters. The number of pyridine rings is 1. The smallest absolute Gasteiger partial charge is 0.137 e. The number of hydrogen-bond acceptors (Lipinski definition) is 4. The number of hydrogen-bond donors (Lipinski definition) is 1. The highest BCUT2D eigenvalue weighted by Gasteiger charge is 2.20. The van der Waals surface area contributed by atoms with Crippen LogP contribution in [0.15, 0.2) is 30.9 Å². The second kappa shape index (κ2) is 5.27. The molecule has 94 valence electrons. The first-order valence-corrected chi connectivity index (χ1v) is 6.41. The van der Waals surface area contributed by atoms with Gasteiger partial charge in [-0.25, -0.2) is 0 Å². The van der Waals surface area contributed by atoms with Crippen LogP contribution in [-0.4, -0.2) is 32.8 Å². The van der Waals surface area contributed by atoms with Crippen LogP contribution in [0.4, 0.5) is 0 Å². The van der Waals surface area contributed by atoms with E-state index in [1.165, 1.54) is 18.4 Å². The van der Waals surface area contributed by atoms with Gasteiger partial charge in [-0.15, -0.1) is 10.2 Å². The molecular formula is C13H17N5. The fourth-order valence-electron chi connectivity index (χ4n) is 2.46. The van der Waals surface area contributed by atoms with Crippen molar-refractivity contribution in [1.29, 1.82) is 0 Å². The van der Waals surface area contributed by atoms with Crippen LogP contribution in [-0.2, 0) is 6.54 Å². The van der Waals surface area contributed by atoms with Crippen molar-refractivity contribution < 1.29 is 0 Å². The summed E-state index contributed by atoms with van der Waals surface area (Å²) >= 11 is 0. The van der Waals surface area contributed by atoms with Gasteiger partial charge in [0.15, 0.2) is 0 Å². The van der Waals surface area contributed by atoms with E-state index in [1.54, 1.807) is 6.20 Å². The third kappa shape index (κ3) is 2.41. The summed E-state index contributed by atoms with van der Waals surface area (Å²) < 4.78 is 2.13. The summed E-state index contributed by atoms with van der Waals surface area (Å²) in [4.78, 5) is 4.14. The van der Waals surface area contributed by atoms with Crippen molar-refractivity contribution in [2.75, 3.05) is 13.1 Å². The third-order valence-corrected chi connectivity index (χ3v) is 3.38. The molecule has 0 radical (unpaired) electrons. The zero-order valence-electron chi connectivity index (χ0n) is 10.3. The van der Waals surface area contributed by atoms with Crippen molar-refractivity contribution in [1.82, 2.24) is 25.1 Å². The molecule has 1 saturated heterocycles. The predicted octanol–water partition coefficient (Wildman–Crippen LogP) is 1.19. The van der Waals surface area contributed by atoms with Crippen LogP contribution in [0.25, 0.3) is 0 Å². The molecule has 0 saturated carbocycles. The summed E-state index contributed by atoms with van der Waals surface area (Å²) in [7, 11) is 0. The van der Waals surface area contributed by atoms with E-state index in [-0.39, 0.29) is 0 Å². The highest BCUT2D eigenvalue weighted by Crippen LogP contribution is 2.21. The average molecular weight is 243 g/mol. The third-order valence-electron chi connectivity index (χ3n) is 3.38. The summed E-state index contributed by atoms with van der Waals surface area (Å²) in [6, 6.07) is 4.04. The summed E-state index contributed by atoms with van der Waals surface area (Å²) in [5, 5.41) is 11.8. The molecule has 1 unspecified atom stereocenters. The van der Waals surface area contributed by atoms with Gasteiger partial charge in [0.25, 0.3) is 0 Å². The van der Waals surface area contributed by atoms with Crippen molar-refractivity contribution in [3.63, 3.8) is 0 Å². The number of rotatable bonds is 3. The fraction of sp³-hybridized carbons (Fsp3) is 0.462. The van der Waals surface area contributed by atoms with Crippen molar-refractivity contribution in [2.24, 2.45) is 0 Å². The van der Waals surface area contributed by atoms with E-state index < -0.39 is 0 Å². The normalized spacial score (nSPS) is 19.9. The second-order valence-electron chi connectivity index (χ2n) is 4.72. The van der Waals surface area contributed by atoms with E-state index in [4.69, 9.17) is 0 Å². The maximum Gasteiger partial charge on any atom is 0.137 e. The maximum absolute atomic E-state index is 4.29. The molecule has 18 heavy (non-hydrogen) atoms. The lowest BCUT2D eigenvalue weighted by Crippen LogP contribution is -2.30. The topological polar surface area (TPSA) is 55.6 Å². The first kappa shape index (κ1) is 11.3. The molecule has 5 nitrogen and oxygen atoms in total. The highest BCUT2D eigenvalue weighted by atomic mass is 15.3. The summed E-state index contributed by atoms with van der Waals surface area (Å²) in [6.45, 7) is 2.92. The number of aromatic nitrogens is 4. The molecule has 0 spiro atoms. The molecule has 3 rings (SSSR count). The van der Waals surface area contributed by atoms with E-state index >= 15 is 0 Å². The van der Waals surface area contributed by atoms with Crippen LogP contribution < -0.4 is 5.32 Å². The quantitative estimate of drug-likeness (QED) is 0.879. The van der Waals surface area contributed by atoms with Gasteiger partial charge in [-0.05, 0) is 31.0 Å². The standard InChI is InChI=1S/C13H17N5/c1-3-11(7-14-5-1)9-18-10-16-17-13(18)12-4-2-6-15-8-12/h1,3,5,7,10,12,15H,2,4,6,8-9H2. The van der Waals surface area contributed by atoms with Crippen molar-refractivity contribution in [3.8, 4) is 0 Å². The van der Waals surface area contributed by atoms with Gasteiger partial charge < -0.3 is 9.88 Å². The van der Waals surface area contributed by atoms with Crippen LogP contribution in [0.5, 0.6) is 0 Å². The van der Waals surface area contributed by atoms with Crippen molar-refractivity contribution in [3.05, 3.63) is 42.2 Å². The molecule has 1 aliphatic rings. The zero-order chi connectivity index (χ0) is 12.2. The first-order valence-electron chi connectivity index (χ1n) is 6.41. The van der Waals surface area contributed by atoms with Gasteiger partial charge in [0.05, 0.1) is 6.54 Å². The number of nitrogens with zero attached hydrogens (tertiary/aromatic N) is 4. The van der Waals surface area contributed by atoms with Crippen LogP contribution in [0.1, 0.15) is 30.1 Å². The van der Waals surface area contributed by atoms with Crippen LogP contribution in [0.3, 0.4) is 0 Å². The van der Waals surface area contributed by atoms with E-state index in [0.29, 0.717) is 5.92 Å². The predicted molar refractivity (Wildman–Crippen MR) is 68.2 cm³/mol. The number of piperidine rings is 1. The Morgan fingerprint density at radius 3 is 3.22 bits per heavy atom. The van der Waals surface area contributed by atoms with Gasteiger partial charge >= 0.3 is 0 Å². The Balaban J connectivity index is 1.78. The van der Waals surface area contributed by atoms with Crippen molar-refractivity contribution in [2.45, 2.75) is 25.3 Å². The minimum Gasteiger partial charge on any atom is -0.316 e. The van der Waals surface area contributed by atoms with Gasteiger partial charge in [0.2, 0.25) is 0 Å². The first-order chi connectivity index (χ1) is 8.93. The highest BCUT2D eigenvalue weighted by molar-refractivity contribution is 5.11. The molecule has 0 bridgehead atoms. The lowest BCUT2D eigenvalue weighted by Gasteiger charge is -2.22. The minimum absolute atomic E-state index is 0.484. The minimum atomic E-state index is 0.484. The lowest BCUT2D eigenvalue weighted by atomic mass is 9.99. The molecule has 0 aliphatic carbocycles. The molecule has 0 aromatic carbocycles.